The molecule has 0 amide bonds. The number of anilines is 1. The van der Waals surface area contributed by atoms with Crippen molar-refractivity contribution in [3.63, 3.8) is 0 Å². The molecule has 0 aliphatic heterocycles. The van der Waals surface area contributed by atoms with E-state index in [1.54, 1.807) is 18.2 Å². The van der Waals surface area contributed by atoms with Crippen molar-refractivity contribution >= 4 is 28.2 Å². The van der Waals surface area contributed by atoms with Gasteiger partial charge in [0, 0.05) is 24.3 Å². The number of hydrogen-bond donors (Lipinski definition) is 1. The second-order valence-electron chi connectivity index (χ2n) is 4.41. The third-order valence-electron chi connectivity index (χ3n) is 3.04. The number of nitrogens with two attached hydrogens (primary N) is 1. The first-order valence-corrected chi connectivity index (χ1v) is 6.30. The van der Waals surface area contributed by atoms with Crippen molar-refractivity contribution in [1.82, 2.24) is 4.57 Å². The van der Waals surface area contributed by atoms with Gasteiger partial charge in [-0.3, -0.25) is 0 Å². The Hall–Kier alpha value is -2.13. The highest BCUT2D eigenvalue weighted by molar-refractivity contribution is 6.32. The van der Waals surface area contributed by atoms with Gasteiger partial charge in [0.2, 0.25) is 0 Å². The van der Waals surface area contributed by atoms with E-state index in [-0.39, 0.29) is 0 Å². The summed E-state index contributed by atoms with van der Waals surface area (Å²) in [6, 6.07) is 13.2. The van der Waals surface area contributed by atoms with Crippen LogP contribution in [0.3, 0.4) is 0 Å². The van der Waals surface area contributed by atoms with Crippen molar-refractivity contribution in [2.75, 3.05) is 5.73 Å². The molecule has 0 fully saturated rings. The highest BCUT2D eigenvalue weighted by atomic mass is 35.5. The number of ether oxygens (including phenoxy) is 1. The zero-order valence-electron chi connectivity index (χ0n) is 10.4. The summed E-state index contributed by atoms with van der Waals surface area (Å²) in [6.45, 7) is 0. The summed E-state index contributed by atoms with van der Waals surface area (Å²) in [5, 5.41) is 1.64. The van der Waals surface area contributed by atoms with Gasteiger partial charge in [0.15, 0.2) is 5.75 Å². The number of benzene rings is 2. The molecule has 19 heavy (non-hydrogen) atoms. The number of nitrogen functional groups attached to an aromatic ring is 1. The van der Waals surface area contributed by atoms with Gasteiger partial charge in [0.25, 0.3) is 0 Å². The normalized spacial score (nSPS) is 10.8. The SMILES string of the molecule is Cn1ccc2cccc(Oc3ccc(N)cc3Cl)c21. The van der Waals surface area contributed by atoms with Crippen LogP contribution < -0.4 is 10.5 Å². The van der Waals surface area contributed by atoms with Crippen LogP contribution in [0.4, 0.5) is 5.69 Å². The van der Waals surface area contributed by atoms with Crippen LogP contribution in [-0.4, -0.2) is 4.57 Å². The van der Waals surface area contributed by atoms with Gasteiger partial charge in [-0.25, -0.2) is 0 Å². The zero-order chi connectivity index (χ0) is 13.4. The first kappa shape index (κ1) is 11.9. The van der Waals surface area contributed by atoms with E-state index in [2.05, 4.69) is 0 Å². The van der Waals surface area contributed by atoms with Gasteiger partial charge < -0.3 is 15.0 Å². The minimum absolute atomic E-state index is 0.506. The minimum atomic E-state index is 0.506. The highest BCUT2D eigenvalue weighted by Gasteiger charge is 2.09. The van der Waals surface area contributed by atoms with Crippen LogP contribution in [0, 0.1) is 0 Å². The molecule has 4 heteroatoms. The van der Waals surface area contributed by atoms with Gasteiger partial charge in [0.1, 0.15) is 5.75 Å². The summed E-state index contributed by atoms with van der Waals surface area (Å²) in [7, 11) is 1.99. The number of aromatic nitrogens is 1. The molecule has 0 spiro atoms. The molecule has 0 bridgehead atoms. The fraction of sp³-hybridized carbons (Fsp3) is 0.0667. The van der Waals surface area contributed by atoms with Crippen LogP contribution >= 0.6 is 11.6 Å². The van der Waals surface area contributed by atoms with Gasteiger partial charge in [0.05, 0.1) is 10.5 Å². The molecule has 96 valence electrons. The Bertz CT molecular complexity index is 749. The number of halogens is 1. The predicted octanol–water partition coefficient (Wildman–Crippen LogP) is 4.21. The summed E-state index contributed by atoms with van der Waals surface area (Å²) in [4.78, 5) is 0. The van der Waals surface area contributed by atoms with Gasteiger partial charge in [-0.05, 0) is 30.3 Å². The van der Waals surface area contributed by atoms with E-state index < -0.39 is 0 Å². The van der Waals surface area contributed by atoms with E-state index in [0.717, 1.165) is 16.7 Å². The summed E-state index contributed by atoms with van der Waals surface area (Å²) >= 11 is 6.13. The molecule has 1 aromatic heterocycles. The summed E-state index contributed by atoms with van der Waals surface area (Å²) in [5.41, 5.74) is 7.33. The van der Waals surface area contributed by atoms with Gasteiger partial charge in [-0.1, -0.05) is 23.7 Å². The monoisotopic (exact) mass is 272 g/mol. The van der Waals surface area contributed by atoms with E-state index in [4.69, 9.17) is 22.1 Å². The number of rotatable bonds is 2. The molecule has 3 aromatic rings. The van der Waals surface area contributed by atoms with Crippen LogP contribution in [0.5, 0.6) is 11.5 Å². The van der Waals surface area contributed by atoms with Crippen molar-refractivity contribution in [1.29, 1.82) is 0 Å². The third kappa shape index (κ3) is 2.13. The van der Waals surface area contributed by atoms with Gasteiger partial charge in [-0.2, -0.15) is 0 Å². The Morgan fingerprint density at radius 1 is 1.11 bits per heavy atom. The molecule has 0 saturated carbocycles. The number of para-hydroxylation sites is 1. The van der Waals surface area contributed by atoms with Crippen LogP contribution in [0.15, 0.2) is 48.7 Å². The molecule has 0 aliphatic rings. The van der Waals surface area contributed by atoms with E-state index in [0.29, 0.717) is 16.5 Å². The Balaban J connectivity index is 2.08. The fourth-order valence-electron chi connectivity index (χ4n) is 2.12. The molecule has 0 atom stereocenters. The summed E-state index contributed by atoms with van der Waals surface area (Å²) in [5.74, 6) is 1.38. The van der Waals surface area contributed by atoms with Crippen molar-refractivity contribution in [3.8, 4) is 11.5 Å². The molecule has 2 N–H and O–H groups in total. The number of nitrogens with zero attached hydrogens (tertiary/aromatic N) is 1. The maximum Gasteiger partial charge on any atom is 0.151 e. The van der Waals surface area contributed by atoms with Crippen LogP contribution in [-0.2, 0) is 7.05 Å². The van der Waals surface area contributed by atoms with Crippen molar-refractivity contribution in [3.05, 3.63) is 53.7 Å². The van der Waals surface area contributed by atoms with Crippen LogP contribution in [0.25, 0.3) is 10.9 Å². The van der Waals surface area contributed by atoms with E-state index in [1.807, 2.05) is 42.1 Å². The lowest BCUT2D eigenvalue weighted by Gasteiger charge is -2.10. The quantitative estimate of drug-likeness (QED) is 0.710. The average molecular weight is 273 g/mol. The Kier molecular flexibility index (Phi) is 2.84. The van der Waals surface area contributed by atoms with E-state index in [1.165, 1.54) is 0 Å². The second-order valence-corrected chi connectivity index (χ2v) is 4.82. The van der Waals surface area contributed by atoms with E-state index >= 15 is 0 Å². The topological polar surface area (TPSA) is 40.2 Å². The van der Waals surface area contributed by atoms with E-state index in [9.17, 15) is 0 Å². The lowest BCUT2D eigenvalue weighted by atomic mass is 10.2. The number of hydrogen-bond acceptors (Lipinski definition) is 2. The molecule has 0 radical (unpaired) electrons. The standard InChI is InChI=1S/C15H13ClN2O/c1-18-8-7-10-3-2-4-14(15(10)18)19-13-6-5-11(17)9-12(13)16/h2-9H,17H2,1H3. The zero-order valence-corrected chi connectivity index (χ0v) is 11.2. The molecular formula is C15H13ClN2O. The highest BCUT2D eigenvalue weighted by Crippen LogP contribution is 2.34. The van der Waals surface area contributed by atoms with Gasteiger partial charge in [-0.15, -0.1) is 0 Å². The molecular weight excluding hydrogens is 260 g/mol. The minimum Gasteiger partial charge on any atom is -0.454 e. The largest absolute Gasteiger partial charge is 0.454 e. The smallest absolute Gasteiger partial charge is 0.151 e. The number of aryl methyl sites for hydroxylation is 1. The molecule has 3 nitrogen and oxygen atoms in total. The van der Waals surface area contributed by atoms with Gasteiger partial charge >= 0.3 is 0 Å². The Morgan fingerprint density at radius 2 is 1.95 bits per heavy atom. The average Bonchev–Trinajstić information content (AvgIpc) is 2.76. The molecule has 1 heterocycles. The lowest BCUT2D eigenvalue weighted by molar-refractivity contribution is 0.486. The van der Waals surface area contributed by atoms with Crippen molar-refractivity contribution < 1.29 is 4.74 Å². The number of fused-ring (bicyclic) bond motifs is 1. The summed E-state index contributed by atoms with van der Waals surface area (Å²) < 4.78 is 7.93. The predicted molar refractivity (Wildman–Crippen MR) is 78.9 cm³/mol. The maximum atomic E-state index is 6.13. The van der Waals surface area contributed by atoms with Crippen molar-refractivity contribution in [2.45, 2.75) is 0 Å². The molecule has 0 unspecified atom stereocenters. The molecule has 0 aliphatic carbocycles. The second kappa shape index (κ2) is 4.52. The Labute approximate surface area is 116 Å². The molecule has 2 aromatic carbocycles. The fourth-order valence-corrected chi connectivity index (χ4v) is 2.35. The lowest BCUT2D eigenvalue weighted by Crippen LogP contribution is -1.92. The Morgan fingerprint density at radius 3 is 2.74 bits per heavy atom. The van der Waals surface area contributed by atoms with Crippen LogP contribution in [0.2, 0.25) is 5.02 Å². The van der Waals surface area contributed by atoms with Crippen molar-refractivity contribution in [2.24, 2.45) is 7.05 Å². The molecule has 0 saturated heterocycles. The first-order chi connectivity index (χ1) is 9.15. The summed E-state index contributed by atoms with van der Waals surface area (Å²) in [6.07, 6.45) is 2.00. The molecule has 3 rings (SSSR count). The van der Waals surface area contributed by atoms with Crippen LogP contribution in [0.1, 0.15) is 0 Å². The third-order valence-corrected chi connectivity index (χ3v) is 3.33. The maximum absolute atomic E-state index is 6.13. The first-order valence-electron chi connectivity index (χ1n) is 5.92.